The van der Waals surface area contributed by atoms with Crippen LogP contribution in [0.15, 0.2) is 35.0 Å². The van der Waals surface area contributed by atoms with Gasteiger partial charge in [0.25, 0.3) is 5.91 Å². The van der Waals surface area contributed by atoms with E-state index in [0.29, 0.717) is 12.1 Å². The number of rotatable bonds is 6. The summed E-state index contributed by atoms with van der Waals surface area (Å²) in [6.07, 6.45) is 1.19. The molecule has 0 aliphatic carbocycles. The number of hydrogen-bond donors (Lipinski definition) is 1. The van der Waals surface area contributed by atoms with Crippen molar-refractivity contribution in [1.29, 1.82) is 0 Å². The van der Waals surface area contributed by atoms with Gasteiger partial charge in [-0.25, -0.2) is 4.39 Å². The van der Waals surface area contributed by atoms with Gasteiger partial charge in [-0.05, 0) is 47.0 Å². The number of hydrogen-bond acceptors (Lipinski definition) is 4. The van der Waals surface area contributed by atoms with Gasteiger partial charge in [-0.2, -0.15) is 11.3 Å². The summed E-state index contributed by atoms with van der Waals surface area (Å²) in [4.78, 5) is 14.6. The first kappa shape index (κ1) is 16.0. The van der Waals surface area contributed by atoms with Crippen LogP contribution in [-0.2, 0) is 0 Å². The topological polar surface area (TPSA) is 41.6 Å². The van der Waals surface area contributed by atoms with Gasteiger partial charge in [0.05, 0.1) is 13.2 Å². The van der Waals surface area contributed by atoms with Crippen molar-refractivity contribution in [2.75, 3.05) is 26.7 Å². The van der Waals surface area contributed by atoms with E-state index in [1.54, 1.807) is 17.4 Å². The fourth-order valence-electron chi connectivity index (χ4n) is 2.67. The number of carbonyl (C=O) groups excluding carboxylic acids is 1. The second-order valence-corrected chi connectivity index (χ2v) is 6.30. The zero-order chi connectivity index (χ0) is 16.2. The number of nitrogens with zero attached hydrogens (tertiary/aromatic N) is 1. The molecule has 1 N–H and O–H groups in total. The molecule has 1 aliphatic rings. The summed E-state index contributed by atoms with van der Waals surface area (Å²) in [6, 6.07) is 6.52. The first-order valence-electron chi connectivity index (χ1n) is 7.57. The lowest BCUT2D eigenvalue weighted by atomic mass is 10.0. The van der Waals surface area contributed by atoms with Gasteiger partial charge in [0, 0.05) is 25.2 Å². The molecule has 1 fully saturated rings. The molecular formula is C17H19FN2O2S. The number of thiophene rings is 1. The van der Waals surface area contributed by atoms with Crippen molar-refractivity contribution < 1.29 is 13.9 Å². The van der Waals surface area contributed by atoms with Crippen molar-refractivity contribution in [1.82, 2.24) is 10.2 Å². The van der Waals surface area contributed by atoms with Crippen LogP contribution in [0.3, 0.4) is 0 Å². The van der Waals surface area contributed by atoms with E-state index in [9.17, 15) is 9.18 Å². The third kappa shape index (κ3) is 3.54. The van der Waals surface area contributed by atoms with E-state index in [0.717, 1.165) is 13.1 Å². The summed E-state index contributed by atoms with van der Waals surface area (Å²) in [5.74, 6) is -0.664. The summed E-state index contributed by atoms with van der Waals surface area (Å²) < 4.78 is 18.6. The minimum atomic E-state index is -0.530. The van der Waals surface area contributed by atoms with Gasteiger partial charge < -0.3 is 10.1 Å². The van der Waals surface area contributed by atoms with E-state index in [4.69, 9.17) is 4.74 Å². The lowest BCUT2D eigenvalue weighted by Gasteiger charge is -2.38. The molecule has 2 aromatic rings. The van der Waals surface area contributed by atoms with Crippen LogP contribution in [0.2, 0.25) is 0 Å². The predicted octanol–water partition coefficient (Wildman–Crippen LogP) is 3.07. The Morgan fingerprint density at radius 1 is 1.43 bits per heavy atom. The predicted molar refractivity (Wildman–Crippen MR) is 88.5 cm³/mol. The second-order valence-electron chi connectivity index (χ2n) is 5.52. The molecule has 23 heavy (non-hydrogen) atoms. The number of nitrogens with one attached hydrogen (secondary N) is 1. The molecule has 1 atom stereocenters. The first-order chi connectivity index (χ1) is 11.2. The van der Waals surface area contributed by atoms with Crippen LogP contribution < -0.4 is 10.1 Å². The molecule has 1 aliphatic heterocycles. The van der Waals surface area contributed by atoms with E-state index < -0.39 is 5.82 Å². The highest BCUT2D eigenvalue weighted by molar-refractivity contribution is 7.07. The molecule has 0 bridgehead atoms. The maximum absolute atomic E-state index is 13.7. The molecule has 0 radical (unpaired) electrons. The van der Waals surface area contributed by atoms with Crippen LogP contribution in [0.5, 0.6) is 5.75 Å². The fraction of sp³-hybridized carbons (Fsp3) is 0.353. The van der Waals surface area contributed by atoms with Crippen LogP contribution in [-0.4, -0.2) is 37.6 Å². The number of methoxy groups -OCH3 is 1. The third-order valence-electron chi connectivity index (χ3n) is 4.13. The standard InChI is InChI=1S/C17H19FN2O2S/c1-22-16-4-3-12(9-14(16)18)17(21)19-10-15(20-6-2-7-20)13-5-8-23-11-13/h3-5,8-9,11,15H,2,6-7,10H2,1H3,(H,19,21)/t15-/m0/s1. The molecule has 1 aromatic heterocycles. The van der Waals surface area contributed by atoms with Crippen molar-refractivity contribution in [3.05, 3.63) is 52.0 Å². The van der Waals surface area contributed by atoms with E-state index in [1.807, 2.05) is 5.38 Å². The Balaban J connectivity index is 1.66. The molecule has 122 valence electrons. The van der Waals surface area contributed by atoms with Crippen molar-refractivity contribution in [2.24, 2.45) is 0 Å². The zero-order valence-corrected chi connectivity index (χ0v) is 13.7. The molecule has 1 amide bonds. The molecule has 4 nitrogen and oxygen atoms in total. The Morgan fingerprint density at radius 2 is 2.26 bits per heavy atom. The largest absolute Gasteiger partial charge is 0.494 e. The Kier molecular flexibility index (Phi) is 4.93. The molecule has 1 aromatic carbocycles. The molecule has 0 spiro atoms. The quantitative estimate of drug-likeness (QED) is 0.883. The summed E-state index contributed by atoms with van der Waals surface area (Å²) in [7, 11) is 1.40. The lowest BCUT2D eigenvalue weighted by Crippen LogP contribution is -2.45. The van der Waals surface area contributed by atoms with Gasteiger partial charge in [-0.3, -0.25) is 9.69 Å². The molecule has 2 heterocycles. The average Bonchev–Trinajstić information content (AvgIpc) is 3.03. The van der Waals surface area contributed by atoms with Crippen LogP contribution in [0.4, 0.5) is 4.39 Å². The van der Waals surface area contributed by atoms with E-state index >= 15 is 0 Å². The van der Waals surface area contributed by atoms with Crippen LogP contribution in [0.25, 0.3) is 0 Å². The maximum Gasteiger partial charge on any atom is 0.251 e. The van der Waals surface area contributed by atoms with Gasteiger partial charge in [0.15, 0.2) is 11.6 Å². The summed E-state index contributed by atoms with van der Waals surface area (Å²) in [6.45, 7) is 2.62. The first-order valence-corrected chi connectivity index (χ1v) is 8.51. The fourth-order valence-corrected chi connectivity index (χ4v) is 3.38. The van der Waals surface area contributed by atoms with Crippen molar-refractivity contribution in [2.45, 2.75) is 12.5 Å². The zero-order valence-electron chi connectivity index (χ0n) is 12.9. The minimum Gasteiger partial charge on any atom is -0.494 e. The van der Waals surface area contributed by atoms with Gasteiger partial charge in [0.2, 0.25) is 0 Å². The van der Waals surface area contributed by atoms with E-state index in [-0.39, 0.29) is 17.7 Å². The number of amides is 1. The smallest absolute Gasteiger partial charge is 0.251 e. The molecule has 0 saturated carbocycles. The molecular weight excluding hydrogens is 315 g/mol. The number of likely N-dealkylation sites (tertiary alicyclic amines) is 1. The SMILES string of the molecule is COc1ccc(C(=O)NC[C@@H](c2ccsc2)N2CCC2)cc1F. The molecule has 3 rings (SSSR count). The van der Waals surface area contributed by atoms with Crippen LogP contribution >= 0.6 is 11.3 Å². The minimum absolute atomic E-state index is 0.137. The Bertz CT molecular complexity index is 671. The highest BCUT2D eigenvalue weighted by Crippen LogP contribution is 2.27. The second kappa shape index (κ2) is 7.10. The maximum atomic E-state index is 13.7. The lowest BCUT2D eigenvalue weighted by molar-refractivity contribution is 0.0885. The number of halogens is 1. The Morgan fingerprint density at radius 3 is 2.83 bits per heavy atom. The average molecular weight is 334 g/mol. The number of benzene rings is 1. The molecule has 0 unspecified atom stereocenters. The highest BCUT2D eigenvalue weighted by Gasteiger charge is 2.26. The summed E-state index contributed by atoms with van der Waals surface area (Å²) in [5, 5.41) is 7.08. The Hall–Kier alpha value is -1.92. The van der Waals surface area contributed by atoms with Crippen LogP contribution in [0, 0.1) is 5.82 Å². The van der Waals surface area contributed by atoms with E-state index in [2.05, 4.69) is 21.7 Å². The Labute approximate surface area is 138 Å². The number of carbonyl (C=O) groups is 1. The molecule has 6 heteroatoms. The summed E-state index contributed by atoms with van der Waals surface area (Å²) >= 11 is 1.65. The highest BCUT2D eigenvalue weighted by atomic mass is 32.1. The normalized spacial score (nSPS) is 15.7. The van der Waals surface area contributed by atoms with Gasteiger partial charge >= 0.3 is 0 Å². The van der Waals surface area contributed by atoms with Crippen molar-refractivity contribution in [3.8, 4) is 5.75 Å². The van der Waals surface area contributed by atoms with Crippen molar-refractivity contribution in [3.63, 3.8) is 0 Å². The van der Waals surface area contributed by atoms with Gasteiger partial charge in [-0.15, -0.1) is 0 Å². The van der Waals surface area contributed by atoms with Crippen molar-refractivity contribution >= 4 is 17.2 Å². The third-order valence-corrected chi connectivity index (χ3v) is 4.83. The molecule has 1 saturated heterocycles. The monoisotopic (exact) mass is 334 g/mol. The summed E-state index contributed by atoms with van der Waals surface area (Å²) in [5.41, 5.74) is 1.52. The van der Waals surface area contributed by atoms with Crippen LogP contribution in [0.1, 0.15) is 28.4 Å². The van der Waals surface area contributed by atoms with Gasteiger partial charge in [0.1, 0.15) is 0 Å². The van der Waals surface area contributed by atoms with Gasteiger partial charge in [-0.1, -0.05) is 0 Å². The van der Waals surface area contributed by atoms with E-state index in [1.165, 1.54) is 31.2 Å². The number of ether oxygens (including phenoxy) is 1.